The van der Waals surface area contributed by atoms with E-state index < -0.39 is 10.3 Å². The Kier molecular flexibility index (Phi) is 3.99. The molecule has 1 aliphatic heterocycles. The summed E-state index contributed by atoms with van der Waals surface area (Å²) >= 11 is 5.82. The van der Waals surface area contributed by atoms with Gasteiger partial charge < -0.3 is 10.2 Å². The van der Waals surface area contributed by atoms with Crippen LogP contribution in [0.3, 0.4) is 0 Å². The molecule has 2 rings (SSSR count). The highest BCUT2D eigenvalue weighted by Gasteiger charge is 2.42. The molecule has 1 aromatic heterocycles. The van der Waals surface area contributed by atoms with Crippen LogP contribution < -0.4 is 10.2 Å². The van der Waals surface area contributed by atoms with Gasteiger partial charge in [-0.25, -0.2) is 4.98 Å². The average molecular weight is 314 g/mol. The molecule has 1 fully saturated rings. The van der Waals surface area contributed by atoms with Crippen molar-refractivity contribution in [2.45, 2.75) is 20.3 Å². The van der Waals surface area contributed by atoms with Gasteiger partial charge in [0.25, 0.3) is 0 Å². The van der Waals surface area contributed by atoms with Crippen LogP contribution in [-0.4, -0.2) is 40.9 Å². The average Bonchev–Trinajstić information content (AvgIpc) is 2.80. The van der Waals surface area contributed by atoms with Crippen LogP contribution in [0.2, 0.25) is 5.28 Å². The number of rotatable bonds is 3. The van der Waals surface area contributed by atoms with E-state index in [9.17, 15) is 14.9 Å². The number of amides is 1. The van der Waals surface area contributed by atoms with Gasteiger partial charge in [-0.2, -0.15) is 4.98 Å². The number of anilines is 1. The third-order valence-electron chi connectivity index (χ3n) is 3.74. The Balaban J connectivity index is 2.40. The van der Waals surface area contributed by atoms with Gasteiger partial charge in [-0.05, 0) is 31.9 Å². The Bertz CT molecular complexity index is 609. The van der Waals surface area contributed by atoms with Crippen LogP contribution in [0, 0.1) is 22.5 Å². The van der Waals surface area contributed by atoms with Gasteiger partial charge in [0.15, 0.2) is 0 Å². The fraction of sp³-hybridized carbons (Fsp3) is 0.583. The first-order valence-electron chi connectivity index (χ1n) is 6.44. The molecular weight excluding hydrogens is 298 g/mol. The first-order valence-corrected chi connectivity index (χ1v) is 6.82. The lowest BCUT2D eigenvalue weighted by atomic mass is 9.89. The number of halogens is 1. The summed E-state index contributed by atoms with van der Waals surface area (Å²) in [6, 6.07) is 0. The molecule has 1 atom stereocenters. The predicted molar refractivity (Wildman–Crippen MR) is 77.4 cm³/mol. The second kappa shape index (κ2) is 5.44. The molecule has 0 saturated carbocycles. The first-order chi connectivity index (χ1) is 9.78. The highest BCUT2D eigenvalue weighted by Crippen LogP contribution is 2.37. The molecule has 9 heteroatoms. The maximum absolute atomic E-state index is 11.9. The molecule has 1 aliphatic rings. The largest absolute Gasteiger partial charge is 0.359 e. The van der Waals surface area contributed by atoms with Crippen molar-refractivity contribution >= 4 is 29.0 Å². The summed E-state index contributed by atoms with van der Waals surface area (Å²) in [5, 5.41) is 13.8. The lowest BCUT2D eigenvalue weighted by Crippen LogP contribution is -2.39. The van der Waals surface area contributed by atoms with Gasteiger partial charge in [0.05, 0.1) is 10.3 Å². The highest BCUT2D eigenvalue weighted by atomic mass is 35.5. The maximum atomic E-state index is 11.9. The molecule has 1 N–H and O–H groups in total. The van der Waals surface area contributed by atoms with E-state index in [0.717, 1.165) is 0 Å². The molecule has 1 amide bonds. The van der Waals surface area contributed by atoms with Crippen LogP contribution in [-0.2, 0) is 4.79 Å². The zero-order chi connectivity index (χ0) is 15.8. The monoisotopic (exact) mass is 313 g/mol. The number of aryl methyl sites for hydroxylation is 1. The Morgan fingerprint density at radius 1 is 1.52 bits per heavy atom. The molecule has 1 aromatic rings. The Morgan fingerprint density at radius 3 is 2.76 bits per heavy atom. The SMILES string of the molecule is CNC(=O)C1(C)CCN(c2nc(Cl)nc(C)c2[N+](=O)[O-])C1. The van der Waals surface area contributed by atoms with Crippen molar-refractivity contribution in [3.8, 4) is 0 Å². The zero-order valence-corrected chi connectivity index (χ0v) is 12.8. The van der Waals surface area contributed by atoms with Crippen LogP contribution in [0.25, 0.3) is 0 Å². The first kappa shape index (κ1) is 15.4. The van der Waals surface area contributed by atoms with Gasteiger partial charge >= 0.3 is 5.69 Å². The summed E-state index contributed by atoms with van der Waals surface area (Å²) in [6.07, 6.45) is 0.588. The Hall–Kier alpha value is -1.96. The normalized spacial score (nSPS) is 21.4. The minimum absolute atomic E-state index is 0.0401. The van der Waals surface area contributed by atoms with Gasteiger partial charge in [-0.1, -0.05) is 0 Å². The topological polar surface area (TPSA) is 101 Å². The second-order valence-electron chi connectivity index (χ2n) is 5.32. The standard InChI is InChI=1S/C12H16ClN5O3/c1-7-8(18(20)21)9(16-11(13)15-7)17-5-4-12(2,6-17)10(19)14-3/h4-6H2,1-3H3,(H,14,19). The molecule has 114 valence electrons. The van der Waals surface area contributed by atoms with Crippen LogP contribution in [0.1, 0.15) is 19.0 Å². The Morgan fingerprint density at radius 2 is 2.19 bits per heavy atom. The molecule has 21 heavy (non-hydrogen) atoms. The summed E-state index contributed by atoms with van der Waals surface area (Å²) in [4.78, 5) is 32.2. The van der Waals surface area contributed by atoms with E-state index in [1.807, 2.05) is 6.92 Å². The van der Waals surface area contributed by atoms with Crippen molar-refractivity contribution in [3.05, 3.63) is 21.1 Å². The van der Waals surface area contributed by atoms with Gasteiger partial charge in [-0.3, -0.25) is 14.9 Å². The number of hydrogen-bond acceptors (Lipinski definition) is 6. The fourth-order valence-corrected chi connectivity index (χ4v) is 2.79. The lowest BCUT2D eigenvalue weighted by Gasteiger charge is -2.23. The summed E-state index contributed by atoms with van der Waals surface area (Å²) < 4.78 is 0. The zero-order valence-electron chi connectivity index (χ0n) is 12.0. The number of aromatic nitrogens is 2. The van der Waals surface area contributed by atoms with Crippen LogP contribution in [0.4, 0.5) is 11.5 Å². The van der Waals surface area contributed by atoms with Gasteiger partial charge in [0, 0.05) is 20.1 Å². The molecule has 8 nitrogen and oxygen atoms in total. The van der Waals surface area contributed by atoms with E-state index in [2.05, 4.69) is 15.3 Å². The number of nitrogens with zero attached hydrogens (tertiary/aromatic N) is 4. The fourth-order valence-electron chi connectivity index (χ4n) is 2.58. The van der Waals surface area contributed by atoms with E-state index >= 15 is 0 Å². The summed E-state index contributed by atoms with van der Waals surface area (Å²) in [6.45, 7) is 4.19. The molecule has 1 saturated heterocycles. The quantitative estimate of drug-likeness (QED) is 0.513. The molecule has 0 aliphatic carbocycles. The number of carbonyl (C=O) groups is 1. The molecule has 0 spiro atoms. The van der Waals surface area contributed by atoms with Crippen molar-refractivity contribution < 1.29 is 9.72 Å². The molecular formula is C12H16ClN5O3. The predicted octanol–water partition coefficient (Wildman–Crippen LogP) is 1.31. The van der Waals surface area contributed by atoms with E-state index in [-0.39, 0.29) is 28.4 Å². The van der Waals surface area contributed by atoms with Crippen molar-refractivity contribution in [1.82, 2.24) is 15.3 Å². The molecule has 0 radical (unpaired) electrons. The van der Waals surface area contributed by atoms with Crippen LogP contribution in [0.15, 0.2) is 0 Å². The van der Waals surface area contributed by atoms with Gasteiger partial charge in [0.1, 0.15) is 5.69 Å². The number of nitro groups is 1. The molecule has 0 bridgehead atoms. The van der Waals surface area contributed by atoms with Gasteiger partial charge in [0.2, 0.25) is 17.0 Å². The number of hydrogen-bond donors (Lipinski definition) is 1. The molecule has 2 heterocycles. The van der Waals surface area contributed by atoms with E-state index in [1.54, 1.807) is 11.9 Å². The van der Waals surface area contributed by atoms with Crippen molar-refractivity contribution in [1.29, 1.82) is 0 Å². The third-order valence-corrected chi connectivity index (χ3v) is 3.91. The number of nitrogens with one attached hydrogen (secondary N) is 1. The van der Waals surface area contributed by atoms with Crippen molar-refractivity contribution in [3.63, 3.8) is 0 Å². The Labute approximate surface area is 126 Å². The summed E-state index contributed by atoms with van der Waals surface area (Å²) in [5.74, 6) is 0.0784. The maximum Gasteiger partial charge on any atom is 0.332 e. The van der Waals surface area contributed by atoms with E-state index in [0.29, 0.717) is 19.5 Å². The number of carbonyl (C=O) groups excluding carboxylic acids is 1. The van der Waals surface area contributed by atoms with Crippen molar-refractivity contribution in [2.24, 2.45) is 5.41 Å². The smallest absolute Gasteiger partial charge is 0.332 e. The van der Waals surface area contributed by atoms with Crippen molar-refractivity contribution in [2.75, 3.05) is 25.0 Å². The molecule has 0 aromatic carbocycles. The third kappa shape index (κ3) is 2.76. The van der Waals surface area contributed by atoms with Gasteiger partial charge in [-0.15, -0.1) is 0 Å². The lowest BCUT2D eigenvalue weighted by molar-refractivity contribution is -0.385. The minimum atomic E-state index is -0.603. The summed E-state index contributed by atoms with van der Waals surface area (Å²) in [5.41, 5.74) is -0.558. The summed E-state index contributed by atoms with van der Waals surface area (Å²) in [7, 11) is 1.57. The minimum Gasteiger partial charge on any atom is -0.359 e. The van der Waals surface area contributed by atoms with Crippen LogP contribution >= 0.6 is 11.6 Å². The molecule has 1 unspecified atom stereocenters. The van der Waals surface area contributed by atoms with Crippen LogP contribution in [0.5, 0.6) is 0 Å². The van der Waals surface area contributed by atoms with E-state index in [1.165, 1.54) is 6.92 Å². The second-order valence-corrected chi connectivity index (χ2v) is 5.66. The highest BCUT2D eigenvalue weighted by molar-refractivity contribution is 6.28. The van der Waals surface area contributed by atoms with E-state index in [4.69, 9.17) is 11.6 Å².